The Hall–Kier alpha value is -1.26. The van der Waals surface area contributed by atoms with Gasteiger partial charge in [0.1, 0.15) is 6.04 Å². The molecule has 0 saturated heterocycles. The van der Waals surface area contributed by atoms with Gasteiger partial charge in [-0.3, -0.25) is 4.79 Å². The van der Waals surface area contributed by atoms with Gasteiger partial charge < -0.3 is 10.4 Å². The second kappa shape index (κ2) is 7.50. The van der Waals surface area contributed by atoms with Gasteiger partial charge >= 0.3 is 5.97 Å². The van der Waals surface area contributed by atoms with E-state index in [9.17, 15) is 9.59 Å². The number of nitrogens with one attached hydrogen (secondary N) is 1. The average molecular weight is 318 g/mol. The number of benzene rings is 1. The van der Waals surface area contributed by atoms with Crippen LogP contribution in [0.15, 0.2) is 18.2 Å². The summed E-state index contributed by atoms with van der Waals surface area (Å²) in [6.07, 6.45) is 0.690. The topological polar surface area (TPSA) is 66.4 Å². The van der Waals surface area contributed by atoms with Crippen molar-refractivity contribution >= 4 is 35.1 Å². The molecule has 0 aliphatic rings. The summed E-state index contributed by atoms with van der Waals surface area (Å²) in [6.45, 7) is 3.66. The molecular formula is C14H17Cl2NO3. The first-order valence-electron chi connectivity index (χ1n) is 6.31. The Bertz CT molecular complexity index is 505. The molecule has 0 saturated carbocycles. The molecule has 2 atom stereocenters. The summed E-state index contributed by atoms with van der Waals surface area (Å²) < 4.78 is 0. The normalized spacial score (nSPS) is 13.6. The summed E-state index contributed by atoms with van der Waals surface area (Å²) in [5, 5.41) is 12.5. The van der Waals surface area contributed by atoms with Gasteiger partial charge in [0.2, 0.25) is 5.91 Å². The highest BCUT2D eigenvalue weighted by Crippen LogP contribution is 2.21. The molecular weight excluding hydrogens is 301 g/mol. The minimum Gasteiger partial charge on any atom is -0.480 e. The van der Waals surface area contributed by atoms with Crippen LogP contribution >= 0.6 is 23.2 Å². The maximum atomic E-state index is 11.9. The molecule has 0 spiro atoms. The fourth-order valence-electron chi connectivity index (χ4n) is 1.75. The van der Waals surface area contributed by atoms with Crippen LogP contribution in [0.4, 0.5) is 0 Å². The molecule has 0 aliphatic heterocycles. The Balaban J connectivity index is 2.73. The molecule has 2 N–H and O–H groups in total. The van der Waals surface area contributed by atoms with Crippen molar-refractivity contribution in [1.29, 1.82) is 0 Å². The van der Waals surface area contributed by atoms with Crippen LogP contribution in [0.2, 0.25) is 10.0 Å². The third kappa shape index (κ3) is 4.69. The summed E-state index contributed by atoms with van der Waals surface area (Å²) in [5.41, 5.74) is 0.613. The summed E-state index contributed by atoms with van der Waals surface area (Å²) in [7, 11) is 0. The highest BCUT2D eigenvalue weighted by Gasteiger charge is 2.25. The smallest absolute Gasteiger partial charge is 0.326 e. The number of amides is 1. The van der Waals surface area contributed by atoms with Gasteiger partial charge in [0.25, 0.3) is 0 Å². The van der Waals surface area contributed by atoms with E-state index in [1.54, 1.807) is 25.1 Å². The predicted octanol–water partition coefficient (Wildman–Crippen LogP) is 3.15. The highest BCUT2D eigenvalue weighted by molar-refractivity contribution is 6.35. The molecule has 0 radical (unpaired) electrons. The molecule has 0 aliphatic carbocycles. The molecule has 20 heavy (non-hydrogen) atoms. The van der Waals surface area contributed by atoms with Crippen LogP contribution in [0.25, 0.3) is 0 Å². The van der Waals surface area contributed by atoms with Crippen LogP contribution in [0.5, 0.6) is 0 Å². The Morgan fingerprint density at radius 1 is 1.35 bits per heavy atom. The Kier molecular flexibility index (Phi) is 6.30. The third-order valence-corrected chi connectivity index (χ3v) is 3.75. The van der Waals surface area contributed by atoms with E-state index in [1.807, 2.05) is 6.92 Å². The van der Waals surface area contributed by atoms with E-state index in [0.29, 0.717) is 22.0 Å². The van der Waals surface area contributed by atoms with Crippen molar-refractivity contribution in [3.05, 3.63) is 33.8 Å². The number of aliphatic carboxylic acids is 1. The molecule has 0 bridgehead atoms. The Morgan fingerprint density at radius 2 is 2.00 bits per heavy atom. The van der Waals surface area contributed by atoms with Crippen molar-refractivity contribution in [2.24, 2.45) is 5.92 Å². The molecule has 6 heteroatoms. The lowest BCUT2D eigenvalue weighted by Crippen LogP contribution is -2.45. The summed E-state index contributed by atoms with van der Waals surface area (Å²) in [5.74, 6) is -1.55. The lowest BCUT2D eigenvalue weighted by molar-refractivity contribution is -0.143. The first-order valence-corrected chi connectivity index (χ1v) is 7.06. The van der Waals surface area contributed by atoms with Crippen LogP contribution in [-0.4, -0.2) is 23.0 Å². The van der Waals surface area contributed by atoms with E-state index in [4.69, 9.17) is 28.3 Å². The number of halogens is 2. The standard InChI is InChI=1S/C14H17Cl2NO3/c1-3-8(2)13(14(19)20)17-12(18)6-9-4-5-10(15)7-11(9)16/h4-5,7-8,13H,3,6H2,1-2H3,(H,17,18)(H,19,20)/t8-,13-/m0/s1. The van der Waals surface area contributed by atoms with Gasteiger partial charge in [-0.1, -0.05) is 49.5 Å². The zero-order chi connectivity index (χ0) is 15.3. The van der Waals surface area contributed by atoms with Crippen LogP contribution in [-0.2, 0) is 16.0 Å². The predicted molar refractivity (Wildman–Crippen MR) is 79.2 cm³/mol. The van der Waals surface area contributed by atoms with Gasteiger partial charge in [-0.05, 0) is 23.6 Å². The lowest BCUT2D eigenvalue weighted by atomic mass is 9.99. The second-order valence-corrected chi connectivity index (χ2v) is 5.53. The molecule has 0 heterocycles. The first-order chi connectivity index (χ1) is 9.35. The van der Waals surface area contributed by atoms with Crippen molar-refractivity contribution < 1.29 is 14.7 Å². The van der Waals surface area contributed by atoms with E-state index in [0.717, 1.165) is 0 Å². The van der Waals surface area contributed by atoms with Gasteiger partial charge in [0.15, 0.2) is 0 Å². The fourth-order valence-corrected chi connectivity index (χ4v) is 2.22. The van der Waals surface area contributed by atoms with Gasteiger partial charge in [-0.15, -0.1) is 0 Å². The quantitative estimate of drug-likeness (QED) is 0.847. The van der Waals surface area contributed by atoms with Gasteiger partial charge in [0, 0.05) is 10.0 Å². The summed E-state index contributed by atoms with van der Waals surface area (Å²) in [4.78, 5) is 23.1. The monoisotopic (exact) mass is 317 g/mol. The van der Waals surface area contributed by atoms with Crippen molar-refractivity contribution in [3.8, 4) is 0 Å². The zero-order valence-electron chi connectivity index (χ0n) is 11.3. The number of carboxylic acids is 1. The van der Waals surface area contributed by atoms with E-state index >= 15 is 0 Å². The largest absolute Gasteiger partial charge is 0.480 e. The minimum atomic E-state index is -1.03. The molecule has 1 aromatic rings. The van der Waals surface area contributed by atoms with Crippen LogP contribution in [0.1, 0.15) is 25.8 Å². The average Bonchev–Trinajstić information content (AvgIpc) is 2.38. The minimum absolute atomic E-state index is 0.0240. The van der Waals surface area contributed by atoms with E-state index in [1.165, 1.54) is 0 Å². The van der Waals surface area contributed by atoms with E-state index in [2.05, 4.69) is 5.32 Å². The fraction of sp³-hybridized carbons (Fsp3) is 0.429. The third-order valence-electron chi connectivity index (χ3n) is 3.16. The van der Waals surface area contributed by atoms with Gasteiger partial charge in [0.05, 0.1) is 6.42 Å². The molecule has 1 rings (SSSR count). The number of hydrogen-bond donors (Lipinski definition) is 2. The number of carbonyl (C=O) groups is 2. The maximum Gasteiger partial charge on any atom is 0.326 e. The van der Waals surface area contributed by atoms with E-state index in [-0.39, 0.29) is 18.2 Å². The van der Waals surface area contributed by atoms with Gasteiger partial charge in [-0.2, -0.15) is 0 Å². The molecule has 0 unspecified atom stereocenters. The second-order valence-electron chi connectivity index (χ2n) is 4.68. The lowest BCUT2D eigenvalue weighted by Gasteiger charge is -2.20. The number of hydrogen-bond acceptors (Lipinski definition) is 2. The van der Waals surface area contributed by atoms with Crippen molar-refractivity contribution in [1.82, 2.24) is 5.32 Å². The van der Waals surface area contributed by atoms with E-state index < -0.39 is 12.0 Å². The molecule has 0 aromatic heterocycles. The van der Waals surface area contributed by atoms with Gasteiger partial charge in [-0.25, -0.2) is 4.79 Å². The SMILES string of the molecule is CC[C@H](C)[C@H](NC(=O)Cc1ccc(Cl)cc1Cl)C(=O)O. The molecule has 110 valence electrons. The van der Waals surface area contributed by atoms with Crippen molar-refractivity contribution in [3.63, 3.8) is 0 Å². The van der Waals surface area contributed by atoms with Crippen molar-refractivity contribution in [2.45, 2.75) is 32.7 Å². The highest BCUT2D eigenvalue weighted by atomic mass is 35.5. The number of carboxylic acid groups (broad SMARTS) is 1. The van der Waals surface area contributed by atoms with Crippen LogP contribution in [0, 0.1) is 5.92 Å². The molecule has 0 fully saturated rings. The number of carbonyl (C=O) groups excluding carboxylic acids is 1. The first kappa shape index (κ1) is 16.8. The van der Waals surface area contributed by atoms with Crippen molar-refractivity contribution in [2.75, 3.05) is 0 Å². The molecule has 4 nitrogen and oxygen atoms in total. The maximum absolute atomic E-state index is 11.9. The Morgan fingerprint density at radius 3 is 2.50 bits per heavy atom. The number of rotatable bonds is 6. The van der Waals surface area contributed by atoms with Crippen LogP contribution < -0.4 is 5.32 Å². The summed E-state index contributed by atoms with van der Waals surface area (Å²) >= 11 is 11.8. The molecule has 1 amide bonds. The Labute approximate surface area is 128 Å². The summed E-state index contributed by atoms with van der Waals surface area (Å²) in [6, 6.07) is 3.95. The van der Waals surface area contributed by atoms with Crippen LogP contribution in [0.3, 0.4) is 0 Å². The zero-order valence-corrected chi connectivity index (χ0v) is 12.8. The molecule has 1 aromatic carbocycles.